The largest absolute Gasteiger partial charge is 0.381 e. The highest BCUT2D eigenvalue weighted by Gasteiger charge is 2.50. The van der Waals surface area contributed by atoms with E-state index in [2.05, 4.69) is 38.2 Å². The normalized spacial score (nSPS) is 29.3. The van der Waals surface area contributed by atoms with Gasteiger partial charge in [0.1, 0.15) is 0 Å². The third kappa shape index (κ3) is 5.05. The van der Waals surface area contributed by atoms with E-state index in [9.17, 15) is 15.3 Å². The van der Waals surface area contributed by atoms with Crippen molar-refractivity contribution in [3.8, 4) is 12.1 Å². The van der Waals surface area contributed by atoms with E-state index in [1.165, 1.54) is 0 Å². The molecular weight excluding hydrogens is 456 g/mol. The second kappa shape index (κ2) is 10.4. The van der Waals surface area contributed by atoms with E-state index in [0.717, 1.165) is 24.2 Å². The molecule has 0 radical (unpaired) electrons. The van der Waals surface area contributed by atoms with E-state index in [1.807, 2.05) is 41.6 Å². The van der Waals surface area contributed by atoms with Crippen LogP contribution in [0, 0.1) is 34.5 Å². The molecule has 2 fully saturated rings. The lowest BCUT2D eigenvalue weighted by atomic mass is 9.67. The maximum atomic E-state index is 12.5. The molecule has 0 bridgehead atoms. The highest BCUT2D eigenvalue weighted by atomic mass is 16.5. The smallest absolute Gasteiger partial charge is 0.251 e. The van der Waals surface area contributed by atoms with Crippen LogP contribution in [0.4, 0.5) is 5.69 Å². The number of amides is 1. The van der Waals surface area contributed by atoms with E-state index >= 15 is 0 Å². The number of anilines is 1. The number of hydrazone groups is 1. The minimum absolute atomic E-state index is 0.000317. The number of rotatable bonds is 7. The topological polar surface area (TPSA) is 138 Å². The first-order chi connectivity index (χ1) is 17.6. The molecule has 1 aliphatic carbocycles. The number of nitrogens with one attached hydrogen (secondary N) is 3. The van der Waals surface area contributed by atoms with Crippen LogP contribution in [0.25, 0.3) is 0 Å². The van der Waals surface area contributed by atoms with Crippen molar-refractivity contribution in [1.29, 1.82) is 10.5 Å². The Bertz CT molecular complexity index is 1130. The van der Waals surface area contributed by atoms with Crippen molar-refractivity contribution >= 4 is 24.0 Å². The second-order valence-corrected chi connectivity index (χ2v) is 9.80. The van der Waals surface area contributed by atoms with Crippen LogP contribution in [0.2, 0.25) is 0 Å². The molecule has 4 aliphatic rings. The third-order valence-electron chi connectivity index (χ3n) is 7.35. The van der Waals surface area contributed by atoms with Gasteiger partial charge in [0, 0.05) is 48.6 Å². The summed E-state index contributed by atoms with van der Waals surface area (Å²) in [5, 5.41) is 34.9. The van der Waals surface area contributed by atoms with Crippen molar-refractivity contribution < 1.29 is 9.53 Å². The third-order valence-corrected chi connectivity index (χ3v) is 7.35. The van der Waals surface area contributed by atoms with Gasteiger partial charge in [-0.05, 0) is 56.0 Å². The molecule has 2 unspecified atom stereocenters. The number of aliphatic imine (C=N–C) groups is 1. The lowest BCUT2D eigenvalue weighted by molar-refractivity contribution is 0.00162. The van der Waals surface area contributed by atoms with Gasteiger partial charge in [0.2, 0.25) is 0 Å². The average Bonchev–Trinajstić information content (AvgIpc) is 3.38. The lowest BCUT2D eigenvalue weighted by Crippen LogP contribution is -2.55. The molecule has 3 heterocycles. The van der Waals surface area contributed by atoms with E-state index < -0.39 is 0 Å². The van der Waals surface area contributed by atoms with Crippen LogP contribution in [0.5, 0.6) is 0 Å². The molecule has 2 atom stereocenters. The summed E-state index contributed by atoms with van der Waals surface area (Å²) in [6.07, 6.45) is 8.69. The van der Waals surface area contributed by atoms with Crippen LogP contribution in [-0.4, -0.2) is 61.0 Å². The maximum Gasteiger partial charge on any atom is 0.251 e. The Labute approximate surface area is 210 Å². The van der Waals surface area contributed by atoms with Gasteiger partial charge < -0.3 is 20.7 Å². The summed E-state index contributed by atoms with van der Waals surface area (Å²) >= 11 is 0. The first kappa shape index (κ1) is 23.8. The van der Waals surface area contributed by atoms with Crippen LogP contribution in [0.3, 0.4) is 0 Å². The standard InChI is InChI=1S/C26H30N8O2/c27-9-8-26(13-18(14-26)15-28)34-17-20(16-30-34)23-5-10-29-25(33-23)32-21-3-1-19(2-4-21)24(35)31-22-6-11-36-12-7-22/h1-5,10,16,18,20,22,25,32-33H,6-8,11-14,17H2,(H,31,35). The number of ether oxygens (including phenoxy) is 1. The van der Waals surface area contributed by atoms with E-state index in [-0.39, 0.29) is 35.6 Å². The zero-order chi connectivity index (χ0) is 25.0. The predicted octanol–water partition coefficient (Wildman–Crippen LogP) is 2.35. The van der Waals surface area contributed by atoms with Crippen molar-refractivity contribution in [2.45, 2.75) is 50.0 Å². The summed E-state index contributed by atoms with van der Waals surface area (Å²) in [4.78, 5) is 17.0. The molecule has 186 valence electrons. The molecule has 1 saturated carbocycles. The highest BCUT2D eigenvalue weighted by Crippen LogP contribution is 2.46. The van der Waals surface area contributed by atoms with E-state index in [0.29, 0.717) is 44.6 Å². The van der Waals surface area contributed by atoms with Gasteiger partial charge in [0.15, 0.2) is 6.29 Å². The minimum atomic E-state index is -0.353. The van der Waals surface area contributed by atoms with Crippen LogP contribution in [0.1, 0.15) is 42.5 Å². The Morgan fingerprint density at radius 1 is 1.22 bits per heavy atom. The summed E-state index contributed by atoms with van der Waals surface area (Å²) in [5.74, 6) is -0.0204. The molecule has 0 spiro atoms. The van der Waals surface area contributed by atoms with Crippen molar-refractivity contribution in [3.05, 3.63) is 41.6 Å². The highest BCUT2D eigenvalue weighted by molar-refractivity contribution is 5.94. The molecule has 0 aromatic heterocycles. The fourth-order valence-electron chi connectivity index (χ4n) is 5.22. The number of nitriles is 2. The van der Waals surface area contributed by atoms with Gasteiger partial charge in [-0.2, -0.15) is 15.6 Å². The summed E-state index contributed by atoms with van der Waals surface area (Å²) in [7, 11) is 0. The summed E-state index contributed by atoms with van der Waals surface area (Å²) in [6.45, 7) is 2.04. The minimum Gasteiger partial charge on any atom is -0.381 e. The molecule has 3 aliphatic heterocycles. The van der Waals surface area contributed by atoms with Gasteiger partial charge >= 0.3 is 0 Å². The van der Waals surface area contributed by atoms with Crippen LogP contribution in [-0.2, 0) is 4.74 Å². The van der Waals surface area contributed by atoms with Gasteiger partial charge in [0.05, 0.1) is 42.5 Å². The first-order valence-electron chi connectivity index (χ1n) is 12.4. The molecule has 36 heavy (non-hydrogen) atoms. The molecule has 1 saturated heterocycles. The van der Waals surface area contributed by atoms with Gasteiger partial charge in [0.25, 0.3) is 5.91 Å². The zero-order valence-corrected chi connectivity index (χ0v) is 20.1. The Morgan fingerprint density at radius 3 is 2.72 bits per heavy atom. The van der Waals surface area contributed by atoms with Gasteiger partial charge in [-0.25, -0.2) is 4.99 Å². The van der Waals surface area contributed by atoms with Crippen LogP contribution >= 0.6 is 0 Å². The fraction of sp³-hybridized carbons (Fsp3) is 0.500. The lowest BCUT2D eigenvalue weighted by Gasteiger charge is -2.49. The number of nitrogens with zero attached hydrogens (tertiary/aromatic N) is 5. The quantitative estimate of drug-likeness (QED) is 0.538. The molecule has 10 heteroatoms. The molecule has 5 rings (SSSR count). The summed E-state index contributed by atoms with van der Waals surface area (Å²) in [6, 6.07) is 12.1. The monoisotopic (exact) mass is 486 g/mol. The van der Waals surface area contributed by atoms with E-state index in [4.69, 9.17) is 4.74 Å². The number of allylic oxidation sites excluding steroid dienone is 1. The van der Waals surface area contributed by atoms with E-state index in [1.54, 1.807) is 6.21 Å². The maximum absolute atomic E-state index is 12.5. The molecular formula is C26H30N8O2. The fourth-order valence-corrected chi connectivity index (χ4v) is 5.22. The van der Waals surface area contributed by atoms with Crippen molar-refractivity contribution in [2.75, 3.05) is 25.1 Å². The Morgan fingerprint density at radius 2 is 2.00 bits per heavy atom. The van der Waals surface area contributed by atoms with Gasteiger partial charge in [-0.3, -0.25) is 9.80 Å². The number of carbonyl (C=O) groups excluding carboxylic acids is 1. The molecule has 10 nitrogen and oxygen atoms in total. The van der Waals surface area contributed by atoms with Crippen molar-refractivity contribution in [3.63, 3.8) is 0 Å². The van der Waals surface area contributed by atoms with Gasteiger partial charge in [-0.1, -0.05) is 0 Å². The van der Waals surface area contributed by atoms with Crippen LogP contribution < -0.4 is 16.0 Å². The number of benzene rings is 1. The Kier molecular flexibility index (Phi) is 6.88. The van der Waals surface area contributed by atoms with Crippen molar-refractivity contribution in [2.24, 2.45) is 21.9 Å². The van der Waals surface area contributed by atoms with Crippen LogP contribution in [0.15, 0.2) is 46.1 Å². The van der Waals surface area contributed by atoms with Crippen molar-refractivity contribution in [1.82, 2.24) is 15.6 Å². The first-order valence-corrected chi connectivity index (χ1v) is 12.4. The molecule has 1 aromatic carbocycles. The summed E-state index contributed by atoms with van der Waals surface area (Å²) in [5.41, 5.74) is 2.13. The number of hydrogen-bond acceptors (Lipinski definition) is 9. The second-order valence-electron chi connectivity index (χ2n) is 9.80. The summed E-state index contributed by atoms with van der Waals surface area (Å²) < 4.78 is 5.35. The average molecular weight is 487 g/mol. The van der Waals surface area contributed by atoms with Gasteiger partial charge in [-0.15, -0.1) is 0 Å². The molecule has 1 aromatic rings. The Hall–Kier alpha value is -3.89. The Balaban J connectivity index is 1.14. The molecule has 3 N–H and O–H groups in total. The SMILES string of the molecule is N#CCC1(N2CC(C3=CC=NC(Nc4ccc(C(=O)NC5CCOCC5)cc4)N3)C=N2)CC(C#N)C1. The predicted molar refractivity (Wildman–Crippen MR) is 135 cm³/mol. The number of carbonyl (C=O) groups is 1. The molecule has 1 amide bonds. The zero-order valence-electron chi connectivity index (χ0n) is 20.1. The number of hydrogen-bond donors (Lipinski definition) is 3.